The lowest BCUT2D eigenvalue weighted by Crippen LogP contribution is -2.49. The quantitative estimate of drug-likeness (QED) is 0.820. The number of rotatable bonds is 4. The maximum Gasteiger partial charge on any atom is 0.240 e. The first-order chi connectivity index (χ1) is 9.06. The Bertz CT molecular complexity index is 468. The third-order valence-electron chi connectivity index (χ3n) is 3.77. The van der Waals surface area contributed by atoms with Gasteiger partial charge in [0.1, 0.15) is 11.9 Å². The fraction of sp³-hybridized carbons (Fsp3) is 0.692. The Balaban J connectivity index is 2.40. The van der Waals surface area contributed by atoms with Gasteiger partial charge in [0.05, 0.1) is 5.69 Å². The van der Waals surface area contributed by atoms with Crippen molar-refractivity contribution < 1.29 is 4.79 Å². The van der Waals surface area contributed by atoms with Crippen molar-refractivity contribution in [3.05, 3.63) is 11.3 Å². The number of aryl methyl sites for hydroxylation is 2. The van der Waals surface area contributed by atoms with Gasteiger partial charge in [-0.2, -0.15) is 5.10 Å². The predicted octanol–water partition coefficient (Wildman–Crippen LogP) is 0.292. The number of hydrogen-bond acceptors (Lipinski definition) is 4. The van der Waals surface area contributed by atoms with E-state index in [2.05, 4.69) is 15.3 Å². The first kappa shape index (κ1) is 13.9. The smallest absolute Gasteiger partial charge is 0.240 e. The van der Waals surface area contributed by atoms with Crippen LogP contribution < -0.4 is 16.0 Å². The van der Waals surface area contributed by atoms with E-state index in [0.717, 1.165) is 49.4 Å². The van der Waals surface area contributed by atoms with Crippen LogP contribution in [0.4, 0.5) is 5.82 Å². The van der Waals surface area contributed by atoms with Gasteiger partial charge < -0.3 is 16.0 Å². The predicted molar refractivity (Wildman–Crippen MR) is 74.9 cm³/mol. The maximum atomic E-state index is 11.7. The van der Waals surface area contributed by atoms with Gasteiger partial charge in [-0.3, -0.25) is 9.48 Å². The molecule has 2 rings (SSSR count). The molecular weight excluding hydrogens is 242 g/mol. The molecule has 1 saturated heterocycles. The summed E-state index contributed by atoms with van der Waals surface area (Å²) in [6.07, 6.45) is 2.98. The molecule has 1 amide bonds. The molecule has 0 saturated carbocycles. The van der Waals surface area contributed by atoms with Gasteiger partial charge in [-0.15, -0.1) is 0 Å². The van der Waals surface area contributed by atoms with E-state index >= 15 is 0 Å². The summed E-state index contributed by atoms with van der Waals surface area (Å²) in [6, 6.07) is -0.209. The number of nitrogens with two attached hydrogens (primary N) is 1. The van der Waals surface area contributed by atoms with Crippen molar-refractivity contribution in [1.82, 2.24) is 15.1 Å². The average molecular weight is 265 g/mol. The standard InChI is InChI=1S/C13H23N5O/c1-9-10(8-15-2)13(17(3)16-9)18-7-5-4-6-11(18)12(14)19/h11,15H,4-8H2,1-3H3,(H2,14,19). The highest BCUT2D eigenvalue weighted by Gasteiger charge is 2.31. The monoisotopic (exact) mass is 265 g/mol. The van der Waals surface area contributed by atoms with E-state index in [1.807, 2.05) is 25.7 Å². The number of carbonyl (C=O) groups excluding carboxylic acids is 1. The third-order valence-corrected chi connectivity index (χ3v) is 3.77. The van der Waals surface area contributed by atoms with Crippen LogP contribution in [0.25, 0.3) is 0 Å². The Morgan fingerprint density at radius 1 is 1.53 bits per heavy atom. The molecule has 1 aromatic heterocycles. The lowest BCUT2D eigenvalue weighted by molar-refractivity contribution is -0.119. The van der Waals surface area contributed by atoms with Crippen LogP contribution in [0.15, 0.2) is 0 Å². The summed E-state index contributed by atoms with van der Waals surface area (Å²) >= 11 is 0. The fourth-order valence-electron chi connectivity index (χ4n) is 2.91. The van der Waals surface area contributed by atoms with Gasteiger partial charge in [0.25, 0.3) is 0 Å². The fourth-order valence-corrected chi connectivity index (χ4v) is 2.91. The molecule has 6 nitrogen and oxygen atoms in total. The highest BCUT2D eigenvalue weighted by molar-refractivity contribution is 5.83. The number of anilines is 1. The molecule has 0 spiro atoms. The molecule has 6 heteroatoms. The molecule has 3 N–H and O–H groups in total. The van der Waals surface area contributed by atoms with E-state index in [1.54, 1.807) is 0 Å². The summed E-state index contributed by atoms with van der Waals surface area (Å²) in [5.41, 5.74) is 7.70. The summed E-state index contributed by atoms with van der Waals surface area (Å²) in [4.78, 5) is 13.8. The largest absolute Gasteiger partial charge is 0.368 e. The van der Waals surface area contributed by atoms with Gasteiger partial charge in [-0.25, -0.2) is 0 Å². The van der Waals surface area contributed by atoms with E-state index < -0.39 is 0 Å². The first-order valence-corrected chi connectivity index (χ1v) is 6.79. The highest BCUT2D eigenvalue weighted by atomic mass is 16.1. The molecule has 1 atom stereocenters. The normalized spacial score (nSPS) is 19.7. The molecule has 1 unspecified atom stereocenters. The second kappa shape index (κ2) is 5.61. The number of piperidine rings is 1. The van der Waals surface area contributed by atoms with Crippen LogP contribution in [-0.4, -0.2) is 35.3 Å². The highest BCUT2D eigenvalue weighted by Crippen LogP contribution is 2.29. The lowest BCUT2D eigenvalue weighted by atomic mass is 10.0. The SMILES string of the molecule is CNCc1c(C)nn(C)c1N1CCCCC1C(N)=O. The van der Waals surface area contributed by atoms with Crippen LogP contribution in [0.1, 0.15) is 30.5 Å². The number of nitrogens with one attached hydrogen (secondary N) is 1. The zero-order valence-corrected chi connectivity index (χ0v) is 11.9. The summed E-state index contributed by atoms with van der Waals surface area (Å²) < 4.78 is 1.86. The minimum Gasteiger partial charge on any atom is -0.368 e. The second-order valence-corrected chi connectivity index (χ2v) is 5.15. The summed E-state index contributed by atoms with van der Waals surface area (Å²) in [5, 5.41) is 7.65. The number of nitrogens with zero attached hydrogens (tertiary/aromatic N) is 3. The zero-order chi connectivity index (χ0) is 14.0. The lowest BCUT2D eigenvalue weighted by Gasteiger charge is -2.36. The molecule has 1 fully saturated rings. The van der Waals surface area contributed by atoms with Crippen molar-refractivity contribution in [1.29, 1.82) is 0 Å². The van der Waals surface area contributed by atoms with E-state index in [9.17, 15) is 4.79 Å². The Hall–Kier alpha value is -1.56. The Kier molecular flexibility index (Phi) is 4.09. The molecule has 1 aromatic rings. The number of carbonyl (C=O) groups is 1. The second-order valence-electron chi connectivity index (χ2n) is 5.15. The molecular formula is C13H23N5O. The van der Waals surface area contributed by atoms with E-state index in [1.165, 1.54) is 0 Å². The van der Waals surface area contributed by atoms with Crippen LogP contribution in [0.3, 0.4) is 0 Å². The molecule has 19 heavy (non-hydrogen) atoms. The molecule has 1 aliphatic rings. The van der Waals surface area contributed by atoms with E-state index in [-0.39, 0.29) is 11.9 Å². The van der Waals surface area contributed by atoms with Gasteiger partial charge in [0.2, 0.25) is 5.91 Å². The summed E-state index contributed by atoms with van der Waals surface area (Å²) in [6.45, 7) is 3.61. The van der Waals surface area contributed by atoms with Crippen molar-refractivity contribution in [2.75, 3.05) is 18.5 Å². The van der Waals surface area contributed by atoms with Crippen LogP contribution in [0, 0.1) is 6.92 Å². The third kappa shape index (κ3) is 2.58. The van der Waals surface area contributed by atoms with Gasteiger partial charge in [-0.1, -0.05) is 0 Å². The number of aromatic nitrogens is 2. The number of hydrogen-bond donors (Lipinski definition) is 2. The zero-order valence-electron chi connectivity index (χ0n) is 11.9. The average Bonchev–Trinajstić information content (AvgIpc) is 2.65. The van der Waals surface area contributed by atoms with Gasteiger partial charge in [0.15, 0.2) is 0 Å². The first-order valence-electron chi connectivity index (χ1n) is 6.79. The van der Waals surface area contributed by atoms with Crippen molar-refractivity contribution in [2.45, 2.75) is 38.8 Å². The van der Waals surface area contributed by atoms with Crippen molar-refractivity contribution >= 4 is 11.7 Å². The summed E-state index contributed by atoms with van der Waals surface area (Å²) in [5.74, 6) is 0.782. The Morgan fingerprint density at radius 2 is 2.26 bits per heavy atom. The molecule has 106 valence electrons. The minimum atomic E-state index is -0.242. The number of amides is 1. The van der Waals surface area contributed by atoms with Crippen LogP contribution in [-0.2, 0) is 18.4 Å². The van der Waals surface area contributed by atoms with Gasteiger partial charge in [0, 0.05) is 25.7 Å². The van der Waals surface area contributed by atoms with Gasteiger partial charge in [-0.05, 0) is 33.2 Å². The molecule has 0 radical (unpaired) electrons. The van der Waals surface area contributed by atoms with Crippen molar-refractivity contribution in [3.63, 3.8) is 0 Å². The molecule has 0 aromatic carbocycles. The van der Waals surface area contributed by atoms with Gasteiger partial charge >= 0.3 is 0 Å². The van der Waals surface area contributed by atoms with Crippen LogP contribution >= 0.6 is 0 Å². The minimum absolute atomic E-state index is 0.209. The molecule has 0 aliphatic carbocycles. The topological polar surface area (TPSA) is 76.2 Å². The summed E-state index contributed by atoms with van der Waals surface area (Å²) in [7, 11) is 3.84. The van der Waals surface area contributed by atoms with E-state index in [0.29, 0.717) is 0 Å². The molecule has 0 bridgehead atoms. The van der Waals surface area contributed by atoms with E-state index in [4.69, 9.17) is 5.73 Å². The van der Waals surface area contributed by atoms with Crippen molar-refractivity contribution in [3.8, 4) is 0 Å². The van der Waals surface area contributed by atoms with Crippen LogP contribution in [0.2, 0.25) is 0 Å². The maximum absolute atomic E-state index is 11.7. The molecule has 2 heterocycles. The van der Waals surface area contributed by atoms with Crippen molar-refractivity contribution in [2.24, 2.45) is 12.8 Å². The number of primary amides is 1. The van der Waals surface area contributed by atoms with Crippen LogP contribution in [0.5, 0.6) is 0 Å². The Labute approximate surface area is 113 Å². The Morgan fingerprint density at radius 3 is 2.89 bits per heavy atom. The molecule has 1 aliphatic heterocycles.